The fourth-order valence-corrected chi connectivity index (χ4v) is 3.78. The van der Waals surface area contributed by atoms with Gasteiger partial charge in [0.25, 0.3) is 11.8 Å². The van der Waals surface area contributed by atoms with E-state index in [0.717, 1.165) is 0 Å². The molecule has 4 aromatic rings. The van der Waals surface area contributed by atoms with E-state index in [1.807, 2.05) is 0 Å². The molecule has 2 amide bonds. The number of carboxylic acid groups (broad SMARTS) is 2. The molecule has 0 heterocycles. The molecule has 0 unspecified atom stereocenters. The molecule has 4 N–H and O–H groups in total. The summed E-state index contributed by atoms with van der Waals surface area (Å²) < 4.78 is 16.8. The zero-order valence-electron chi connectivity index (χ0n) is 25.0. The first-order valence-corrected chi connectivity index (χ1v) is 13.8. The largest absolute Gasteiger partial charge is 0.478 e. The Balaban J connectivity index is 1.29. The molecule has 0 saturated heterocycles. The van der Waals surface area contributed by atoms with Gasteiger partial charge in [-0.25, -0.2) is 9.59 Å². The quantitative estimate of drug-likeness (QED) is 0.141. The Labute approximate surface area is 259 Å². The third-order valence-electron chi connectivity index (χ3n) is 6.47. The van der Waals surface area contributed by atoms with Crippen LogP contribution >= 0.6 is 0 Å². The van der Waals surface area contributed by atoms with Gasteiger partial charge in [-0.15, -0.1) is 0 Å². The van der Waals surface area contributed by atoms with Crippen molar-refractivity contribution in [2.24, 2.45) is 0 Å². The number of hydrogen-bond acceptors (Lipinski definition) is 7. The summed E-state index contributed by atoms with van der Waals surface area (Å²) in [6, 6.07) is 25.8. The summed E-state index contributed by atoms with van der Waals surface area (Å²) in [4.78, 5) is 47.9. The van der Waals surface area contributed by atoms with Crippen molar-refractivity contribution in [3.8, 4) is 23.0 Å². The van der Waals surface area contributed by atoms with Gasteiger partial charge < -0.3 is 35.1 Å². The number of benzene rings is 4. The summed E-state index contributed by atoms with van der Waals surface area (Å²) in [7, 11) is 0. The molecule has 0 aromatic heterocycles. The number of ether oxygens (including phenoxy) is 3. The number of aliphatic carboxylic acids is 2. The smallest absolute Gasteiger partial charge is 0.347 e. The highest BCUT2D eigenvalue weighted by molar-refractivity contribution is 6.05. The molecule has 0 aliphatic rings. The van der Waals surface area contributed by atoms with Crippen molar-refractivity contribution in [3.63, 3.8) is 0 Å². The average Bonchev–Trinajstić information content (AvgIpc) is 2.99. The van der Waals surface area contributed by atoms with Crippen LogP contribution in [-0.2, 0) is 9.59 Å². The SMILES string of the molecule is CC(C)(Oc1ccc(NC(=O)c2ccc(Oc3ccc(C(=O)Nc4ccc(OC(C)(C)C(=O)O)cc4)cc3)cc2)cc1)C(=O)O. The predicted octanol–water partition coefficient (Wildman–Crippen LogP) is 6.47. The van der Waals surface area contributed by atoms with Crippen molar-refractivity contribution >= 4 is 35.1 Å². The number of carboxylic acids is 2. The molecule has 11 heteroatoms. The average molecular weight is 613 g/mol. The predicted molar refractivity (Wildman–Crippen MR) is 166 cm³/mol. The van der Waals surface area contributed by atoms with E-state index in [9.17, 15) is 29.4 Å². The van der Waals surface area contributed by atoms with Gasteiger partial charge in [-0.3, -0.25) is 9.59 Å². The van der Waals surface area contributed by atoms with Gasteiger partial charge in [-0.05, 0) is 125 Å². The van der Waals surface area contributed by atoms with Crippen molar-refractivity contribution in [1.82, 2.24) is 0 Å². The number of amides is 2. The van der Waals surface area contributed by atoms with Gasteiger partial charge in [0.1, 0.15) is 23.0 Å². The molecule has 11 nitrogen and oxygen atoms in total. The van der Waals surface area contributed by atoms with E-state index in [-0.39, 0.29) is 11.8 Å². The number of hydrogen-bond donors (Lipinski definition) is 4. The molecule has 0 atom stereocenters. The molecule has 4 rings (SSSR count). The molecule has 0 aliphatic heterocycles. The van der Waals surface area contributed by atoms with E-state index in [1.165, 1.54) is 27.7 Å². The number of anilines is 2. The van der Waals surface area contributed by atoms with E-state index in [2.05, 4.69) is 10.6 Å². The van der Waals surface area contributed by atoms with E-state index in [4.69, 9.17) is 14.2 Å². The first-order chi connectivity index (χ1) is 21.2. The second kappa shape index (κ2) is 13.2. The van der Waals surface area contributed by atoms with Crippen molar-refractivity contribution < 1.29 is 43.6 Å². The van der Waals surface area contributed by atoms with Gasteiger partial charge >= 0.3 is 11.9 Å². The number of carbonyl (C=O) groups is 4. The summed E-state index contributed by atoms with van der Waals surface area (Å²) in [6.45, 7) is 5.78. The first kappa shape index (κ1) is 32.1. The van der Waals surface area contributed by atoms with Crippen LogP contribution in [0.4, 0.5) is 11.4 Å². The van der Waals surface area contributed by atoms with E-state index in [1.54, 1.807) is 97.1 Å². The summed E-state index contributed by atoms with van der Waals surface area (Å²) in [5.74, 6) is -1.19. The first-order valence-electron chi connectivity index (χ1n) is 13.8. The van der Waals surface area contributed by atoms with E-state index >= 15 is 0 Å². The van der Waals surface area contributed by atoms with Crippen LogP contribution in [0, 0.1) is 0 Å². The lowest BCUT2D eigenvalue weighted by Crippen LogP contribution is -2.37. The number of nitrogens with one attached hydrogen (secondary N) is 2. The molecule has 4 aromatic carbocycles. The van der Waals surface area contributed by atoms with Crippen LogP contribution in [0.1, 0.15) is 48.4 Å². The highest BCUT2D eigenvalue weighted by atomic mass is 16.5. The lowest BCUT2D eigenvalue weighted by Gasteiger charge is -2.21. The fraction of sp³-hybridized carbons (Fsp3) is 0.176. The Morgan fingerprint density at radius 2 is 0.778 bits per heavy atom. The number of rotatable bonds is 12. The Morgan fingerprint density at radius 3 is 1.07 bits per heavy atom. The van der Waals surface area contributed by atoms with E-state index in [0.29, 0.717) is 45.5 Å². The lowest BCUT2D eigenvalue weighted by molar-refractivity contribution is -0.152. The Hall–Kier alpha value is -5.84. The maximum absolute atomic E-state index is 12.7. The van der Waals surface area contributed by atoms with Crippen LogP contribution < -0.4 is 24.8 Å². The molecule has 0 radical (unpaired) electrons. The second-order valence-electron chi connectivity index (χ2n) is 10.9. The van der Waals surface area contributed by atoms with Gasteiger partial charge in [0.2, 0.25) is 0 Å². The molecule has 0 saturated carbocycles. The molecular formula is C34H32N2O9. The molecule has 232 valence electrons. The van der Waals surface area contributed by atoms with E-state index < -0.39 is 23.1 Å². The minimum absolute atomic E-state index is 0.345. The standard InChI is InChI=1S/C34H32N2O9/c1-33(2,31(39)40)44-27-17-9-23(10-18-27)35-29(37)21-5-13-25(14-6-21)43-26-15-7-22(8-16-26)30(38)36-24-11-19-28(20-12-24)45-34(3,4)32(41)42/h5-20H,1-4H3,(H,35,37)(H,36,38)(H,39,40)(H,41,42). The van der Waals surface area contributed by atoms with Gasteiger partial charge in [0, 0.05) is 22.5 Å². The monoisotopic (exact) mass is 612 g/mol. The van der Waals surface area contributed by atoms with Crippen molar-refractivity contribution in [3.05, 3.63) is 108 Å². The summed E-state index contributed by atoms with van der Waals surface area (Å²) in [5, 5.41) is 23.9. The van der Waals surface area contributed by atoms with Gasteiger partial charge in [-0.1, -0.05) is 0 Å². The van der Waals surface area contributed by atoms with Crippen LogP contribution in [-0.4, -0.2) is 45.2 Å². The van der Waals surface area contributed by atoms with Crippen LogP contribution in [0.2, 0.25) is 0 Å². The topological polar surface area (TPSA) is 160 Å². The highest BCUT2D eigenvalue weighted by Crippen LogP contribution is 2.25. The maximum atomic E-state index is 12.7. The van der Waals surface area contributed by atoms with Crippen molar-refractivity contribution in [2.45, 2.75) is 38.9 Å². The lowest BCUT2D eigenvalue weighted by atomic mass is 10.1. The van der Waals surface area contributed by atoms with Gasteiger partial charge in [-0.2, -0.15) is 0 Å². The minimum Gasteiger partial charge on any atom is -0.478 e. The van der Waals surface area contributed by atoms with Crippen LogP contribution in [0.3, 0.4) is 0 Å². The minimum atomic E-state index is -1.39. The fourth-order valence-electron chi connectivity index (χ4n) is 3.78. The van der Waals surface area contributed by atoms with Crippen molar-refractivity contribution in [1.29, 1.82) is 0 Å². The molecule has 0 spiro atoms. The molecule has 0 aliphatic carbocycles. The van der Waals surface area contributed by atoms with Crippen molar-refractivity contribution in [2.75, 3.05) is 10.6 Å². The zero-order chi connectivity index (χ0) is 32.8. The highest BCUT2D eigenvalue weighted by Gasteiger charge is 2.30. The molecule has 0 fully saturated rings. The third-order valence-corrected chi connectivity index (χ3v) is 6.47. The normalized spacial score (nSPS) is 11.2. The summed E-state index contributed by atoms with van der Waals surface area (Å²) in [6.07, 6.45) is 0. The third kappa shape index (κ3) is 8.60. The van der Waals surface area contributed by atoms with Crippen LogP contribution in [0.15, 0.2) is 97.1 Å². The zero-order valence-corrected chi connectivity index (χ0v) is 25.0. The van der Waals surface area contributed by atoms with Gasteiger partial charge in [0.05, 0.1) is 0 Å². The Kier molecular flexibility index (Phi) is 9.42. The Morgan fingerprint density at radius 1 is 0.489 bits per heavy atom. The molecule has 0 bridgehead atoms. The summed E-state index contributed by atoms with van der Waals surface area (Å²) in [5.41, 5.74) is -0.965. The molecule has 45 heavy (non-hydrogen) atoms. The van der Waals surface area contributed by atoms with Gasteiger partial charge in [0.15, 0.2) is 11.2 Å². The maximum Gasteiger partial charge on any atom is 0.347 e. The summed E-state index contributed by atoms with van der Waals surface area (Å²) >= 11 is 0. The Bertz CT molecular complexity index is 1550. The molecular weight excluding hydrogens is 580 g/mol. The van der Waals surface area contributed by atoms with Crippen LogP contribution in [0.25, 0.3) is 0 Å². The van der Waals surface area contributed by atoms with Crippen LogP contribution in [0.5, 0.6) is 23.0 Å². The number of carbonyl (C=O) groups excluding carboxylic acids is 2. The second-order valence-corrected chi connectivity index (χ2v) is 10.9.